The summed E-state index contributed by atoms with van der Waals surface area (Å²) in [5, 5.41) is 10.9. The lowest BCUT2D eigenvalue weighted by molar-refractivity contribution is -0.387. The summed E-state index contributed by atoms with van der Waals surface area (Å²) in [5.41, 5.74) is 3.90. The predicted octanol–water partition coefficient (Wildman–Crippen LogP) is 0.0289. The molecule has 1 amide bonds. The highest BCUT2D eigenvalue weighted by molar-refractivity contribution is 7.90. The van der Waals surface area contributed by atoms with Crippen LogP contribution in [0.15, 0.2) is 23.1 Å². The molecule has 1 aromatic carbocycles. The largest absolute Gasteiger partial charge is 0.449 e. The molecular weight excluding hydrogens is 304 g/mol. The number of nitrogens with two attached hydrogens (primary N) is 1. The van der Waals surface area contributed by atoms with Crippen molar-refractivity contribution in [3.8, 4) is 0 Å². The van der Waals surface area contributed by atoms with Crippen LogP contribution in [0.5, 0.6) is 0 Å². The number of primary amides is 1. The topological polar surface area (TPSA) is 147 Å². The fraction of sp³-hybridized carbons (Fsp3) is 0.273. The van der Waals surface area contributed by atoms with Gasteiger partial charge in [0.25, 0.3) is 11.6 Å². The molecule has 2 N–H and O–H groups in total. The minimum Gasteiger partial charge on any atom is -0.449 e. The Labute approximate surface area is 119 Å². The molecule has 0 aliphatic rings. The van der Waals surface area contributed by atoms with Crippen molar-refractivity contribution >= 4 is 27.4 Å². The molecule has 0 fully saturated rings. The Bertz CT molecular complexity index is 711. The maximum absolute atomic E-state index is 11.7. The maximum atomic E-state index is 11.7. The number of hydrogen-bond acceptors (Lipinski definition) is 7. The number of carbonyl (C=O) groups is 2. The standard InChI is InChI=1S/C11H12N2O7S/c1-6(10(12)14)20-11(15)7-3-4-9(21(2,18)19)8(5-7)13(16)17/h3-6H,1-2H3,(H2,12,14)/t6-/m1/s1. The second kappa shape index (κ2) is 5.87. The summed E-state index contributed by atoms with van der Waals surface area (Å²) in [7, 11) is -3.83. The second-order valence-corrected chi connectivity index (χ2v) is 6.15. The predicted molar refractivity (Wildman–Crippen MR) is 70.3 cm³/mol. The van der Waals surface area contributed by atoms with Gasteiger partial charge in [0.1, 0.15) is 4.90 Å². The van der Waals surface area contributed by atoms with Crippen LogP contribution in [0.4, 0.5) is 5.69 Å². The van der Waals surface area contributed by atoms with Gasteiger partial charge in [-0.3, -0.25) is 14.9 Å². The molecule has 114 valence electrons. The number of nitro benzene ring substituents is 1. The Hall–Kier alpha value is -2.49. The van der Waals surface area contributed by atoms with Crippen molar-refractivity contribution in [1.29, 1.82) is 0 Å². The van der Waals surface area contributed by atoms with Gasteiger partial charge in [-0.05, 0) is 19.1 Å². The SMILES string of the molecule is C[C@@H](OC(=O)c1ccc(S(C)(=O)=O)c([N+](=O)[O-])c1)C(N)=O. The van der Waals surface area contributed by atoms with E-state index in [0.29, 0.717) is 0 Å². The number of nitrogens with zero attached hydrogens (tertiary/aromatic N) is 1. The lowest BCUT2D eigenvalue weighted by Crippen LogP contribution is -2.30. The first kappa shape index (κ1) is 16.6. The Morgan fingerprint density at radius 3 is 2.38 bits per heavy atom. The summed E-state index contributed by atoms with van der Waals surface area (Å²) in [6.45, 7) is 1.24. The lowest BCUT2D eigenvalue weighted by Gasteiger charge is -2.09. The second-order valence-electron chi connectivity index (χ2n) is 4.16. The summed E-state index contributed by atoms with van der Waals surface area (Å²) in [4.78, 5) is 31.9. The summed E-state index contributed by atoms with van der Waals surface area (Å²) >= 11 is 0. The van der Waals surface area contributed by atoms with Crippen molar-refractivity contribution in [1.82, 2.24) is 0 Å². The summed E-state index contributed by atoms with van der Waals surface area (Å²) in [6.07, 6.45) is -0.409. The number of sulfone groups is 1. The number of rotatable bonds is 5. The van der Waals surface area contributed by atoms with E-state index in [4.69, 9.17) is 5.73 Å². The molecule has 0 heterocycles. The van der Waals surface area contributed by atoms with Crippen LogP contribution in [-0.4, -0.2) is 37.6 Å². The smallest absolute Gasteiger partial charge is 0.339 e. The van der Waals surface area contributed by atoms with Gasteiger partial charge < -0.3 is 10.5 Å². The molecule has 0 aliphatic carbocycles. The Kier molecular flexibility index (Phi) is 4.63. The van der Waals surface area contributed by atoms with Crippen LogP contribution in [0, 0.1) is 10.1 Å². The number of esters is 1. The maximum Gasteiger partial charge on any atom is 0.339 e. The van der Waals surface area contributed by atoms with E-state index in [1.165, 1.54) is 6.92 Å². The molecule has 1 rings (SSSR count). The van der Waals surface area contributed by atoms with Gasteiger partial charge in [-0.1, -0.05) is 0 Å². The van der Waals surface area contributed by atoms with Crippen LogP contribution in [0.2, 0.25) is 0 Å². The van der Waals surface area contributed by atoms with Crippen LogP contribution in [0.1, 0.15) is 17.3 Å². The Morgan fingerprint density at radius 2 is 1.95 bits per heavy atom. The molecular formula is C11H12N2O7S. The fourth-order valence-corrected chi connectivity index (χ4v) is 2.22. The number of nitro groups is 1. The molecule has 0 bridgehead atoms. The van der Waals surface area contributed by atoms with Crippen molar-refractivity contribution in [2.24, 2.45) is 5.73 Å². The first-order valence-corrected chi connectivity index (χ1v) is 7.42. The van der Waals surface area contributed by atoms with Crippen molar-refractivity contribution in [3.63, 3.8) is 0 Å². The molecule has 1 aromatic rings. The van der Waals surface area contributed by atoms with Crippen molar-refractivity contribution < 1.29 is 27.7 Å². The molecule has 1 atom stereocenters. The van der Waals surface area contributed by atoms with E-state index in [0.717, 1.165) is 24.5 Å². The average Bonchev–Trinajstić information content (AvgIpc) is 2.36. The quantitative estimate of drug-likeness (QED) is 0.457. The van der Waals surface area contributed by atoms with Crippen LogP contribution < -0.4 is 5.73 Å². The van der Waals surface area contributed by atoms with Crippen molar-refractivity contribution in [3.05, 3.63) is 33.9 Å². The third-order valence-corrected chi connectivity index (χ3v) is 3.62. The van der Waals surface area contributed by atoms with Gasteiger partial charge in [-0.25, -0.2) is 13.2 Å². The third kappa shape index (κ3) is 3.99. The minimum absolute atomic E-state index is 0.262. The van der Waals surface area contributed by atoms with Crippen LogP contribution in [0.25, 0.3) is 0 Å². The van der Waals surface area contributed by atoms with E-state index in [1.807, 2.05) is 0 Å². The molecule has 0 unspecified atom stereocenters. The highest BCUT2D eigenvalue weighted by Gasteiger charge is 2.25. The van der Waals surface area contributed by atoms with E-state index in [2.05, 4.69) is 4.74 Å². The Balaban J connectivity index is 3.24. The highest BCUT2D eigenvalue weighted by Crippen LogP contribution is 2.25. The first-order chi connectivity index (χ1) is 9.54. The van der Waals surface area contributed by atoms with E-state index >= 15 is 0 Å². The summed E-state index contributed by atoms with van der Waals surface area (Å²) < 4.78 is 27.5. The van der Waals surface area contributed by atoms with Gasteiger partial charge in [-0.2, -0.15) is 0 Å². The minimum atomic E-state index is -3.83. The molecule has 0 saturated heterocycles. The summed E-state index contributed by atoms with van der Waals surface area (Å²) in [6, 6.07) is 2.75. The number of hydrogen-bond donors (Lipinski definition) is 1. The van der Waals surface area contributed by atoms with E-state index in [1.54, 1.807) is 0 Å². The van der Waals surface area contributed by atoms with E-state index in [-0.39, 0.29) is 5.56 Å². The van der Waals surface area contributed by atoms with Gasteiger partial charge >= 0.3 is 5.97 Å². The zero-order valence-corrected chi connectivity index (χ0v) is 11.9. The zero-order valence-electron chi connectivity index (χ0n) is 11.1. The zero-order chi connectivity index (χ0) is 16.4. The molecule has 21 heavy (non-hydrogen) atoms. The molecule has 0 radical (unpaired) electrons. The molecule has 10 heteroatoms. The van der Waals surface area contributed by atoms with Crippen LogP contribution in [-0.2, 0) is 19.4 Å². The van der Waals surface area contributed by atoms with Gasteiger partial charge in [-0.15, -0.1) is 0 Å². The van der Waals surface area contributed by atoms with E-state index in [9.17, 15) is 28.1 Å². The average molecular weight is 316 g/mol. The van der Waals surface area contributed by atoms with Gasteiger partial charge in [0.2, 0.25) is 0 Å². The van der Waals surface area contributed by atoms with Gasteiger partial charge in [0.05, 0.1) is 10.5 Å². The molecule has 0 spiro atoms. The van der Waals surface area contributed by atoms with Gasteiger partial charge in [0.15, 0.2) is 15.9 Å². The number of ether oxygens (including phenoxy) is 1. The molecule has 0 saturated carbocycles. The van der Waals surface area contributed by atoms with Crippen LogP contribution >= 0.6 is 0 Å². The Morgan fingerprint density at radius 1 is 1.38 bits per heavy atom. The normalized spacial score (nSPS) is 12.5. The number of carbonyl (C=O) groups excluding carboxylic acids is 2. The third-order valence-electron chi connectivity index (χ3n) is 2.48. The number of amides is 1. The van der Waals surface area contributed by atoms with Crippen molar-refractivity contribution in [2.45, 2.75) is 17.9 Å². The van der Waals surface area contributed by atoms with Crippen LogP contribution in [0.3, 0.4) is 0 Å². The molecule has 0 aliphatic heterocycles. The lowest BCUT2D eigenvalue weighted by atomic mass is 10.2. The van der Waals surface area contributed by atoms with E-state index < -0.39 is 43.3 Å². The first-order valence-electron chi connectivity index (χ1n) is 5.53. The fourth-order valence-electron chi connectivity index (χ4n) is 1.39. The molecule has 9 nitrogen and oxygen atoms in total. The number of benzene rings is 1. The highest BCUT2D eigenvalue weighted by atomic mass is 32.2. The monoisotopic (exact) mass is 316 g/mol. The molecule has 0 aromatic heterocycles. The van der Waals surface area contributed by atoms with Gasteiger partial charge in [0, 0.05) is 12.3 Å². The summed E-state index contributed by atoms with van der Waals surface area (Å²) in [5.74, 6) is -1.91. The van der Waals surface area contributed by atoms with Crippen molar-refractivity contribution in [2.75, 3.05) is 6.26 Å².